The Morgan fingerprint density at radius 2 is 2.20 bits per heavy atom. The third-order valence-corrected chi connectivity index (χ3v) is 1.03. The zero-order valence-electron chi connectivity index (χ0n) is 6.29. The van der Waals surface area contributed by atoms with Gasteiger partial charge >= 0.3 is 5.97 Å². The molecule has 2 nitrogen and oxygen atoms in total. The van der Waals surface area contributed by atoms with E-state index in [0.29, 0.717) is 0 Å². The SMILES string of the molecule is CC=CC(C)=CCC(=O)O. The molecule has 0 aliphatic carbocycles. The Morgan fingerprint density at radius 1 is 1.60 bits per heavy atom. The highest BCUT2D eigenvalue weighted by molar-refractivity contribution is 5.68. The number of hydrogen-bond acceptors (Lipinski definition) is 1. The largest absolute Gasteiger partial charge is 0.481 e. The first kappa shape index (κ1) is 8.95. The van der Waals surface area contributed by atoms with Gasteiger partial charge in [-0.1, -0.05) is 23.8 Å². The lowest BCUT2D eigenvalue weighted by Gasteiger charge is -1.88. The van der Waals surface area contributed by atoms with E-state index in [-0.39, 0.29) is 6.42 Å². The number of hydrogen-bond donors (Lipinski definition) is 1. The van der Waals surface area contributed by atoms with E-state index in [4.69, 9.17) is 5.11 Å². The van der Waals surface area contributed by atoms with E-state index < -0.39 is 5.97 Å². The molecule has 0 spiro atoms. The van der Waals surface area contributed by atoms with Crippen molar-refractivity contribution in [1.29, 1.82) is 0 Å². The van der Waals surface area contributed by atoms with Gasteiger partial charge in [-0.15, -0.1) is 0 Å². The summed E-state index contributed by atoms with van der Waals surface area (Å²) in [6, 6.07) is 0. The van der Waals surface area contributed by atoms with Crippen LogP contribution in [0, 0.1) is 0 Å². The number of rotatable bonds is 3. The normalized spacial score (nSPS) is 12.4. The second-order valence-corrected chi connectivity index (χ2v) is 2.05. The number of aliphatic carboxylic acids is 1. The van der Waals surface area contributed by atoms with E-state index in [2.05, 4.69) is 0 Å². The fourth-order valence-corrected chi connectivity index (χ4v) is 0.579. The molecular weight excluding hydrogens is 128 g/mol. The molecule has 0 amide bonds. The van der Waals surface area contributed by atoms with Crippen LogP contribution in [0.15, 0.2) is 23.8 Å². The van der Waals surface area contributed by atoms with Crippen LogP contribution >= 0.6 is 0 Å². The Kier molecular flexibility index (Phi) is 4.29. The van der Waals surface area contributed by atoms with Crippen LogP contribution in [0.5, 0.6) is 0 Å². The van der Waals surface area contributed by atoms with Gasteiger partial charge in [0.15, 0.2) is 0 Å². The van der Waals surface area contributed by atoms with Crippen molar-refractivity contribution in [1.82, 2.24) is 0 Å². The highest BCUT2D eigenvalue weighted by Crippen LogP contribution is 1.96. The topological polar surface area (TPSA) is 37.3 Å². The maximum atomic E-state index is 10.0. The maximum Gasteiger partial charge on any atom is 0.307 e. The van der Waals surface area contributed by atoms with Crippen LogP contribution < -0.4 is 0 Å². The molecule has 10 heavy (non-hydrogen) atoms. The van der Waals surface area contributed by atoms with Gasteiger partial charge in [-0.25, -0.2) is 0 Å². The molecule has 0 aliphatic rings. The van der Waals surface area contributed by atoms with Crippen molar-refractivity contribution >= 4 is 5.97 Å². The summed E-state index contributed by atoms with van der Waals surface area (Å²) >= 11 is 0. The van der Waals surface area contributed by atoms with Gasteiger partial charge in [0.1, 0.15) is 0 Å². The molecule has 0 fully saturated rings. The first-order chi connectivity index (χ1) is 4.66. The molecule has 2 heteroatoms. The molecular formula is C8H12O2. The summed E-state index contributed by atoms with van der Waals surface area (Å²) in [5, 5.41) is 8.26. The van der Waals surface area contributed by atoms with Gasteiger partial charge in [0.05, 0.1) is 6.42 Å². The van der Waals surface area contributed by atoms with Crippen LogP contribution in [0.25, 0.3) is 0 Å². The average molecular weight is 140 g/mol. The lowest BCUT2D eigenvalue weighted by Crippen LogP contribution is -1.90. The fourth-order valence-electron chi connectivity index (χ4n) is 0.579. The standard InChI is InChI=1S/C8H12O2/c1-3-4-7(2)5-6-8(9)10/h3-5H,6H2,1-2H3,(H,9,10). The van der Waals surface area contributed by atoms with Crippen LogP contribution in [0.4, 0.5) is 0 Å². The molecule has 0 rings (SSSR count). The Labute approximate surface area is 60.9 Å². The second kappa shape index (κ2) is 4.79. The summed E-state index contributed by atoms with van der Waals surface area (Å²) in [4.78, 5) is 10.0. The average Bonchev–Trinajstić information content (AvgIpc) is 1.85. The van der Waals surface area contributed by atoms with E-state index in [9.17, 15) is 4.79 Å². The van der Waals surface area contributed by atoms with Gasteiger partial charge in [-0.2, -0.15) is 0 Å². The smallest absolute Gasteiger partial charge is 0.307 e. The van der Waals surface area contributed by atoms with E-state index in [1.165, 1.54) is 0 Å². The molecule has 0 aromatic carbocycles. The highest BCUT2D eigenvalue weighted by Gasteiger charge is 1.89. The fraction of sp³-hybridized carbons (Fsp3) is 0.375. The molecule has 0 saturated carbocycles. The monoisotopic (exact) mass is 140 g/mol. The molecule has 0 saturated heterocycles. The third kappa shape index (κ3) is 5.09. The third-order valence-electron chi connectivity index (χ3n) is 1.03. The second-order valence-electron chi connectivity index (χ2n) is 2.05. The Hall–Kier alpha value is -1.05. The number of carbonyl (C=O) groups is 1. The van der Waals surface area contributed by atoms with Gasteiger partial charge in [0, 0.05) is 0 Å². The van der Waals surface area contributed by atoms with E-state index in [1.54, 1.807) is 6.08 Å². The van der Waals surface area contributed by atoms with Crippen LogP contribution in [0.1, 0.15) is 20.3 Å². The van der Waals surface area contributed by atoms with Gasteiger partial charge in [-0.05, 0) is 13.8 Å². The van der Waals surface area contributed by atoms with Crippen molar-refractivity contribution in [2.24, 2.45) is 0 Å². The van der Waals surface area contributed by atoms with E-state index in [0.717, 1.165) is 5.57 Å². The zero-order valence-corrected chi connectivity index (χ0v) is 6.29. The first-order valence-electron chi connectivity index (χ1n) is 3.18. The molecule has 1 N–H and O–H groups in total. The molecule has 0 bridgehead atoms. The van der Waals surface area contributed by atoms with Gasteiger partial charge < -0.3 is 5.11 Å². The molecule has 0 unspecified atom stereocenters. The quantitative estimate of drug-likeness (QED) is 0.608. The Balaban J connectivity index is 3.80. The molecule has 0 radical (unpaired) electrons. The van der Waals surface area contributed by atoms with Crippen molar-refractivity contribution in [3.05, 3.63) is 23.8 Å². The number of carboxylic acids is 1. The predicted octanol–water partition coefficient (Wildman–Crippen LogP) is 1.98. The molecule has 56 valence electrons. The molecule has 0 aromatic rings. The Morgan fingerprint density at radius 3 is 2.60 bits per heavy atom. The van der Waals surface area contributed by atoms with Crippen LogP contribution in [-0.4, -0.2) is 11.1 Å². The van der Waals surface area contributed by atoms with Gasteiger partial charge in [0.2, 0.25) is 0 Å². The summed E-state index contributed by atoms with van der Waals surface area (Å²) in [6.07, 6.45) is 5.55. The lowest BCUT2D eigenvalue weighted by atomic mass is 10.2. The van der Waals surface area contributed by atoms with Crippen molar-refractivity contribution in [3.63, 3.8) is 0 Å². The Bertz CT molecular complexity index is 166. The maximum absolute atomic E-state index is 10.0. The number of allylic oxidation sites excluding steroid dienone is 3. The van der Waals surface area contributed by atoms with Crippen molar-refractivity contribution < 1.29 is 9.90 Å². The number of carboxylic acid groups (broad SMARTS) is 1. The van der Waals surface area contributed by atoms with Gasteiger partial charge in [0.25, 0.3) is 0 Å². The van der Waals surface area contributed by atoms with Crippen molar-refractivity contribution in [2.45, 2.75) is 20.3 Å². The minimum absolute atomic E-state index is 0.107. The summed E-state index contributed by atoms with van der Waals surface area (Å²) in [5.41, 5.74) is 0.991. The van der Waals surface area contributed by atoms with Crippen molar-refractivity contribution in [2.75, 3.05) is 0 Å². The van der Waals surface area contributed by atoms with Crippen LogP contribution in [0.3, 0.4) is 0 Å². The molecule has 0 aromatic heterocycles. The van der Waals surface area contributed by atoms with E-state index in [1.807, 2.05) is 26.0 Å². The first-order valence-corrected chi connectivity index (χ1v) is 3.18. The lowest BCUT2D eigenvalue weighted by molar-refractivity contribution is -0.136. The molecule has 0 atom stereocenters. The molecule has 0 aliphatic heterocycles. The van der Waals surface area contributed by atoms with E-state index >= 15 is 0 Å². The minimum atomic E-state index is -0.788. The van der Waals surface area contributed by atoms with Crippen LogP contribution in [0.2, 0.25) is 0 Å². The van der Waals surface area contributed by atoms with Gasteiger partial charge in [-0.3, -0.25) is 4.79 Å². The highest BCUT2D eigenvalue weighted by atomic mass is 16.4. The summed E-state index contributed by atoms with van der Waals surface area (Å²) in [5.74, 6) is -0.788. The predicted molar refractivity (Wildman–Crippen MR) is 40.8 cm³/mol. The minimum Gasteiger partial charge on any atom is -0.481 e. The van der Waals surface area contributed by atoms with Crippen LogP contribution in [-0.2, 0) is 4.79 Å². The van der Waals surface area contributed by atoms with Crippen molar-refractivity contribution in [3.8, 4) is 0 Å². The summed E-state index contributed by atoms with van der Waals surface area (Å²) < 4.78 is 0. The zero-order chi connectivity index (χ0) is 7.98. The summed E-state index contributed by atoms with van der Waals surface area (Å²) in [6.45, 7) is 3.78. The molecule has 0 heterocycles. The summed E-state index contributed by atoms with van der Waals surface area (Å²) in [7, 11) is 0.